The third-order valence-corrected chi connectivity index (χ3v) is 3.14. The van der Waals surface area contributed by atoms with Crippen LogP contribution in [0.5, 0.6) is 5.75 Å². The maximum absolute atomic E-state index is 10.6. The van der Waals surface area contributed by atoms with Crippen molar-refractivity contribution in [1.29, 1.82) is 0 Å². The molecular formula is C13H18N2O4. The van der Waals surface area contributed by atoms with Crippen LogP contribution in [0, 0.1) is 10.1 Å². The van der Waals surface area contributed by atoms with Crippen LogP contribution in [0.25, 0.3) is 0 Å². The number of nitro benzene ring substituents is 1. The number of nitro groups is 1. The van der Waals surface area contributed by atoms with Crippen LogP contribution < -0.4 is 4.74 Å². The fourth-order valence-electron chi connectivity index (χ4n) is 2.20. The predicted molar refractivity (Wildman–Crippen MR) is 70.3 cm³/mol. The number of ether oxygens (including phenoxy) is 1. The zero-order chi connectivity index (χ0) is 13.7. The summed E-state index contributed by atoms with van der Waals surface area (Å²) in [7, 11) is 0. The fourth-order valence-corrected chi connectivity index (χ4v) is 2.20. The summed E-state index contributed by atoms with van der Waals surface area (Å²) in [5, 5.41) is 20.5. The molecule has 1 aliphatic rings. The minimum absolute atomic E-state index is 0.00784. The summed E-state index contributed by atoms with van der Waals surface area (Å²) in [4.78, 5) is 12.3. The van der Waals surface area contributed by atoms with Crippen LogP contribution in [0.15, 0.2) is 24.3 Å². The fraction of sp³-hybridized carbons (Fsp3) is 0.538. The monoisotopic (exact) mass is 266 g/mol. The molecule has 6 heteroatoms. The van der Waals surface area contributed by atoms with Gasteiger partial charge in [0.1, 0.15) is 18.5 Å². The molecule has 19 heavy (non-hydrogen) atoms. The van der Waals surface area contributed by atoms with Crippen molar-refractivity contribution in [2.75, 3.05) is 26.2 Å². The van der Waals surface area contributed by atoms with Crippen LogP contribution in [0.4, 0.5) is 5.69 Å². The van der Waals surface area contributed by atoms with Crippen LogP contribution in [0.3, 0.4) is 0 Å². The molecular weight excluding hydrogens is 248 g/mol. The summed E-state index contributed by atoms with van der Waals surface area (Å²) in [6, 6.07) is 5.99. The summed E-state index contributed by atoms with van der Waals surface area (Å²) in [6.07, 6.45) is 1.79. The Morgan fingerprint density at radius 1 is 1.42 bits per heavy atom. The largest absolute Gasteiger partial charge is 0.491 e. The highest BCUT2D eigenvalue weighted by Crippen LogP contribution is 2.19. The maximum Gasteiger partial charge on any atom is 0.273 e. The highest BCUT2D eigenvalue weighted by Gasteiger charge is 2.16. The number of benzene rings is 1. The van der Waals surface area contributed by atoms with E-state index in [2.05, 4.69) is 4.90 Å². The summed E-state index contributed by atoms with van der Waals surface area (Å²) >= 11 is 0. The van der Waals surface area contributed by atoms with E-state index in [1.807, 2.05) is 0 Å². The van der Waals surface area contributed by atoms with Gasteiger partial charge in [-0.1, -0.05) is 6.07 Å². The predicted octanol–water partition coefficient (Wildman–Crippen LogP) is 1.43. The van der Waals surface area contributed by atoms with Gasteiger partial charge in [-0.25, -0.2) is 0 Å². The topological polar surface area (TPSA) is 75.8 Å². The van der Waals surface area contributed by atoms with Gasteiger partial charge in [0.05, 0.1) is 11.0 Å². The van der Waals surface area contributed by atoms with Gasteiger partial charge in [0.25, 0.3) is 5.69 Å². The number of β-amino-alcohol motifs (C(OH)–C–C–N with tert-alkyl or cyclic N) is 1. The molecule has 1 fully saturated rings. The molecule has 104 valence electrons. The van der Waals surface area contributed by atoms with E-state index in [0.717, 1.165) is 13.1 Å². The molecule has 1 heterocycles. The van der Waals surface area contributed by atoms with Crippen molar-refractivity contribution in [3.63, 3.8) is 0 Å². The van der Waals surface area contributed by atoms with Gasteiger partial charge in [-0.2, -0.15) is 0 Å². The molecule has 0 aliphatic carbocycles. The van der Waals surface area contributed by atoms with Crippen LogP contribution in [-0.2, 0) is 0 Å². The Kier molecular flexibility index (Phi) is 4.70. The van der Waals surface area contributed by atoms with Crippen LogP contribution in [-0.4, -0.2) is 47.3 Å². The zero-order valence-electron chi connectivity index (χ0n) is 10.7. The first kappa shape index (κ1) is 13.8. The smallest absolute Gasteiger partial charge is 0.273 e. The average Bonchev–Trinajstić information content (AvgIpc) is 2.89. The van der Waals surface area contributed by atoms with Crippen molar-refractivity contribution >= 4 is 5.69 Å². The Labute approximate surface area is 111 Å². The molecule has 1 aromatic rings. The maximum atomic E-state index is 10.6. The zero-order valence-corrected chi connectivity index (χ0v) is 10.7. The number of likely N-dealkylation sites (tertiary alicyclic amines) is 1. The van der Waals surface area contributed by atoms with Crippen molar-refractivity contribution in [2.45, 2.75) is 18.9 Å². The second kappa shape index (κ2) is 6.49. The molecule has 1 unspecified atom stereocenters. The first-order valence-electron chi connectivity index (χ1n) is 6.43. The van der Waals surface area contributed by atoms with E-state index in [9.17, 15) is 15.2 Å². The van der Waals surface area contributed by atoms with E-state index in [4.69, 9.17) is 4.74 Å². The van der Waals surface area contributed by atoms with Crippen LogP contribution >= 0.6 is 0 Å². The third kappa shape index (κ3) is 4.18. The number of nitrogens with zero attached hydrogens (tertiary/aromatic N) is 2. The van der Waals surface area contributed by atoms with E-state index in [-0.39, 0.29) is 12.3 Å². The quantitative estimate of drug-likeness (QED) is 0.622. The number of aliphatic hydroxyl groups is 1. The number of aliphatic hydroxyl groups excluding tert-OH is 1. The average molecular weight is 266 g/mol. The molecule has 0 aromatic heterocycles. The standard InChI is InChI=1S/C13H18N2O4/c16-12(9-14-6-1-2-7-14)10-19-13-5-3-4-11(8-13)15(17)18/h3-5,8,12,16H,1-2,6-7,9-10H2. The molecule has 6 nitrogen and oxygen atoms in total. The van der Waals surface area contributed by atoms with E-state index >= 15 is 0 Å². The molecule has 0 spiro atoms. The summed E-state index contributed by atoms with van der Waals surface area (Å²) < 4.78 is 5.39. The lowest BCUT2D eigenvalue weighted by atomic mass is 10.3. The van der Waals surface area contributed by atoms with Gasteiger partial charge in [0.15, 0.2) is 0 Å². The Balaban J connectivity index is 1.80. The van der Waals surface area contributed by atoms with Gasteiger partial charge in [-0.3, -0.25) is 10.1 Å². The summed E-state index contributed by atoms with van der Waals surface area (Å²) in [6.45, 7) is 2.79. The van der Waals surface area contributed by atoms with E-state index in [1.54, 1.807) is 12.1 Å². The van der Waals surface area contributed by atoms with Gasteiger partial charge >= 0.3 is 0 Å². The van der Waals surface area contributed by atoms with E-state index < -0.39 is 11.0 Å². The molecule has 0 radical (unpaired) electrons. The summed E-state index contributed by atoms with van der Waals surface area (Å²) in [5.74, 6) is 0.412. The Morgan fingerprint density at radius 2 is 2.16 bits per heavy atom. The normalized spacial score (nSPS) is 17.3. The molecule has 1 saturated heterocycles. The second-order valence-electron chi connectivity index (χ2n) is 4.73. The van der Waals surface area contributed by atoms with Crippen molar-refractivity contribution < 1.29 is 14.8 Å². The van der Waals surface area contributed by atoms with Gasteiger partial charge < -0.3 is 14.7 Å². The Hall–Kier alpha value is -1.66. The van der Waals surface area contributed by atoms with Gasteiger partial charge in [-0.15, -0.1) is 0 Å². The lowest BCUT2D eigenvalue weighted by Crippen LogP contribution is -2.33. The molecule has 2 rings (SSSR count). The second-order valence-corrected chi connectivity index (χ2v) is 4.73. The highest BCUT2D eigenvalue weighted by molar-refractivity contribution is 5.37. The number of hydrogen-bond acceptors (Lipinski definition) is 5. The number of non-ortho nitro benzene ring substituents is 1. The Bertz CT molecular complexity index is 432. The van der Waals surface area contributed by atoms with Gasteiger partial charge in [0, 0.05) is 12.6 Å². The lowest BCUT2D eigenvalue weighted by Gasteiger charge is -2.19. The first-order chi connectivity index (χ1) is 9.15. The van der Waals surface area contributed by atoms with Gasteiger partial charge in [0.2, 0.25) is 0 Å². The van der Waals surface area contributed by atoms with Crippen molar-refractivity contribution in [3.05, 3.63) is 34.4 Å². The lowest BCUT2D eigenvalue weighted by molar-refractivity contribution is -0.384. The number of rotatable bonds is 6. The molecule has 1 N–H and O–H groups in total. The molecule has 1 aromatic carbocycles. The number of hydrogen-bond donors (Lipinski definition) is 1. The molecule has 1 atom stereocenters. The summed E-state index contributed by atoms with van der Waals surface area (Å²) in [5.41, 5.74) is -0.00784. The molecule has 1 aliphatic heterocycles. The highest BCUT2D eigenvalue weighted by atomic mass is 16.6. The molecule has 0 saturated carbocycles. The molecule has 0 amide bonds. The first-order valence-corrected chi connectivity index (χ1v) is 6.43. The Morgan fingerprint density at radius 3 is 2.84 bits per heavy atom. The van der Waals surface area contributed by atoms with Crippen LogP contribution in [0.1, 0.15) is 12.8 Å². The van der Waals surface area contributed by atoms with Crippen molar-refractivity contribution in [1.82, 2.24) is 4.90 Å². The third-order valence-electron chi connectivity index (χ3n) is 3.14. The van der Waals surface area contributed by atoms with Crippen molar-refractivity contribution in [3.8, 4) is 5.75 Å². The van der Waals surface area contributed by atoms with E-state index in [0.29, 0.717) is 12.3 Å². The van der Waals surface area contributed by atoms with Crippen molar-refractivity contribution in [2.24, 2.45) is 0 Å². The van der Waals surface area contributed by atoms with Crippen LogP contribution in [0.2, 0.25) is 0 Å². The van der Waals surface area contributed by atoms with Gasteiger partial charge in [-0.05, 0) is 32.0 Å². The van der Waals surface area contributed by atoms with E-state index in [1.165, 1.54) is 25.0 Å². The minimum atomic E-state index is -0.572. The molecule has 0 bridgehead atoms. The SMILES string of the molecule is O=[N+]([O-])c1cccc(OCC(O)CN2CCCC2)c1. The minimum Gasteiger partial charge on any atom is -0.491 e.